The number of rotatable bonds is 5. The van der Waals surface area contributed by atoms with Crippen LogP contribution in [-0.2, 0) is 16.1 Å². The lowest BCUT2D eigenvalue weighted by atomic mass is 10.1. The Kier molecular flexibility index (Phi) is 5.27. The molecule has 2 aromatic rings. The van der Waals surface area contributed by atoms with Gasteiger partial charge in [-0.25, -0.2) is 5.06 Å². The maximum Gasteiger partial charge on any atom is 0.255 e. The van der Waals surface area contributed by atoms with Gasteiger partial charge in [-0.2, -0.15) is 0 Å². The first kappa shape index (κ1) is 15.7. The van der Waals surface area contributed by atoms with E-state index in [1.165, 1.54) is 7.11 Å². The van der Waals surface area contributed by atoms with Crippen molar-refractivity contribution in [1.82, 2.24) is 5.06 Å². The Morgan fingerprint density at radius 2 is 1.82 bits per heavy atom. The Hall–Kier alpha value is -2.66. The number of para-hydroxylation sites is 1. The summed E-state index contributed by atoms with van der Waals surface area (Å²) in [6.07, 6.45) is 0.177. The summed E-state index contributed by atoms with van der Waals surface area (Å²) in [6, 6.07) is 16.2. The molecule has 0 unspecified atom stereocenters. The molecule has 0 aliphatic heterocycles. The lowest BCUT2D eigenvalue weighted by Gasteiger charge is -2.13. The van der Waals surface area contributed by atoms with Crippen LogP contribution in [0.4, 0.5) is 5.69 Å². The molecule has 0 radical (unpaired) electrons. The van der Waals surface area contributed by atoms with E-state index in [2.05, 4.69) is 5.32 Å². The number of benzene rings is 2. The maximum atomic E-state index is 12.2. The molecule has 0 heterocycles. The monoisotopic (exact) mass is 298 g/mol. The van der Waals surface area contributed by atoms with Crippen LogP contribution in [0.5, 0.6) is 0 Å². The number of hydrogen-bond donors (Lipinski definition) is 1. The number of hydroxylamine groups is 2. The van der Waals surface area contributed by atoms with Gasteiger partial charge in [-0.05, 0) is 29.8 Å². The van der Waals surface area contributed by atoms with Gasteiger partial charge >= 0.3 is 0 Å². The van der Waals surface area contributed by atoms with Crippen LogP contribution in [0.1, 0.15) is 15.9 Å². The SMILES string of the molecule is CON(C)C(=O)Cc1cccc(C(=O)Nc2ccccc2)c1. The molecule has 5 heteroatoms. The number of likely N-dealkylation sites (N-methyl/N-ethyl adjacent to an activating group) is 1. The summed E-state index contributed by atoms with van der Waals surface area (Å²) >= 11 is 0. The third-order valence-corrected chi connectivity index (χ3v) is 3.20. The third kappa shape index (κ3) is 4.17. The van der Waals surface area contributed by atoms with E-state index in [0.29, 0.717) is 5.56 Å². The molecule has 2 aromatic carbocycles. The zero-order chi connectivity index (χ0) is 15.9. The lowest BCUT2D eigenvalue weighted by Crippen LogP contribution is -2.27. The van der Waals surface area contributed by atoms with Crippen LogP contribution in [-0.4, -0.2) is 31.0 Å². The number of amides is 2. The molecule has 5 nitrogen and oxygen atoms in total. The molecule has 0 spiro atoms. The van der Waals surface area contributed by atoms with Crippen molar-refractivity contribution in [2.24, 2.45) is 0 Å². The number of hydrogen-bond acceptors (Lipinski definition) is 3. The second-order valence-electron chi connectivity index (χ2n) is 4.77. The summed E-state index contributed by atoms with van der Waals surface area (Å²) in [5, 5.41) is 3.98. The van der Waals surface area contributed by atoms with Crippen molar-refractivity contribution in [2.75, 3.05) is 19.5 Å². The minimum absolute atomic E-state index is 0.177. The number of nitrogens with one attached hydrogen (secondary N) is 1. The highest BCUT2D eigenvalue weighted by Crippen LogP contribution is 2.11. The summed E-state index contributed by atoms with van der Waals surface area (Å²) < 4.78 is 0. The van der Waals surface area contributed by atoms with Crippen LogP contribution in [0.3, 0.4) is 0 Å². The van der Waals surface area contributed by atoms with Crippen LogP contribution in [0.25, 0.3) is 0 Å². The van der Waals surface area contributed by atoms with Crippen LogP contribution >= 0.6 is 0 Å². The van der Waals surface area contributed by atoms with Crippen LogP contribution in [0, 0.1) is 0 Å². The summed E-state index contributed by atoms with van der Waals surface area (Å²) in [6.45, 7) is 0. The Morgan fingerprint density at radius 1 is 1.09 bits per heavy atom. The first-order valence-electron chi connectivity index (χ1n) is 6.86. The van der Waals surface area contributed by atoms with E-state index in [0.717, 1.165) is 16.3 Å². The summed E-state index contributed by atoms with van der Waals surface area (Å²) in [7, 11) is 2.98. The highest BCUT2D eigenvalue weighted by atomic mass is 16.7. The Labute approximate surface area is 129 Å². The van der Waals surface area contributed by atoms with E-state index in [9.17, 15) is 9.59 Å². The van der Waals surface area contributed by atoms with Gasteiger partial charge in [0.05, 0.1) is 13.5 Å². The highest BCUT2D eigenvalue weighted by molar-refractivity contribution is 6.04. The molecule has 0 saturated carbocycles. The molecular weight excluding hydrogens is 280 g/mol. The molecule has 0 bridgehead atoms. The molecule has 2 amide bonds. The van der Waals surface area contributed by atoms with Crippen LogP contribution in [0.2, 0.25) is 0 Å². The van der Waals surface area contributed by atoms with E-state index in [1.54, 1.807) is 31.3 Å². The van der Waals surface area contributed by atoms with E-state index in [-0.39, 0.29) is 18.2 Å². The summed E-state index contributed by atoms with van der Waals surface area (Å²) in [5.41, 5.74) is 2.00. The zero-order valence-electron chi connectivity index (χ0n) is 12.6. The Morgan fingerprint density at radius 3 is 2.50 bits per heavy atom. The first-order valence-corrected chi connectivity index (χ1v) is 6.86. The standard InChI is InChI=1S/C17H18N2O3/c1-19(22-2)16(20)12-13-7-6-8-14(11-13)17(21)18-15-9-4-3-5-10-15/h3-11H,12H2,1-2H3,(H,18,21). The molecule has 1 N–H and O–H groups in total. The minimum Gasteiger partial charge on any atom is -0.322 e. The predicted molar refractivity (Wildman–Crippen MR) is 84.3 cm³/mol. The molecule has 0 aliphatic carbocycles. The van der Waals surface area contributed by atoms with Crippen LogP contribution < -0.4 is 5.32 Å². The van der Waals surface area contributed by atoms with Crippen molar-refractivity contribution in [3.8, 4) is 0 Å². The van der Waals surface area contributed by atoms with Crippen molar-refractivity contribution in [3.63, 3.8) is 0 Å². The largest absolute Gasteiger partial charge is 0.322 e. The second kappa shape index (κ2) is 7.38. The summed E-state index contributed by atoms with van der Waals surface area (Å²) in [4.78, 5) is 28.9. The molecule has 2 rings (SSSR count). The van der Waals surface area contributed by atoms with Gasteiger partial charge in [-0.15, -0.1) is 0 Å². The number of carbonyl (C=O) groups is 2. The van der Waals surface area contributed by atoms with Crippen LogP contribution in [0.15, 0.2) is 54.6 Å². The van der Waals surface area contributed by atoms with Gasteiger partial charge in [0, 0.05) is 18.3 Å². The number of anilines is 1. The normalized spacial score (nSPS) is 10.1. The topological polar surface area (TPSA) is 58.6 Å². The fourth-order valence-corrected chi connectivity index (χ4v) is 1.94. The smallest absolute Gasteiger partial charge is 0.255 e. The molecule has 0 saturated heterocycles. The fourth-order valence-electron chi connectivity index (χ4n) is 1.94. The van der Waals surface area contributed by atoms with Gasteiger partial charge in [-0.1, -0.05) is 30.3 Å². The molecule has 0 aliphatic rings. The van der Waals surface area contributed by atoms with Crippen molar-refractivity contribution in [2.45, 2.75) is 6.42 Å². The first-order chi connectivity index (χ1) is 10.6. The quantitative estimate of drug-likeness (QED) is 0.863. The Bertz CT molecular complexity index is 656. The molecule has 0 fully saturated rings. The van der Waals surface area contributed by atoms with E-state index in [4.69, 9.17) is 4.84 Å². The van der Waals surface area contributed by atoms with Gasteiger partial charge in [-0.3, -0.25) is 14.4 Å². The third-order valence-electron chi connectivity index (χ3n) is 3.20. The molecule has 0 aromatic heterocycles. The van der Waals surface area contributed by atoms with Gasteiger partial charge in [0.25, 0.3) is 5.91 Å². The van der Waals surface area contributed by atoms with Crippen molar-refractivity contribution in [1.29, 1.82) is 0 Å². The van der Waals surface area contributed by atoms with Crippen molar-refractivity contribution >= 4 is 17.5 Å². The predicted octanol–water partition coefficient (Wildman–Crippen LogP) is 2.50. The van der Waals surface area contributed by atoms with E-state index >= 15 is 0 Å². The highest BCUT2D eigenvalue weighted by Gasteiger charge is 2.11. The molecule has 22 heavy (non-hydrogen) atoms. The fraction of sp³-hybridized carbons (Fsp3) is 0.176. The average Bonchev–Trinajstić information content (AvgIpc) is 2.55. The maximum absolute atomic E-state index is 12.2. The number of carbonyl (C=O) groups excluding carboxylic acids is 2. The Balaban J connectivity index is 2.08. The molecule has 0 atom stereocenters. The number of nitrogens with zero attached hydrogens (tertiary/aromatic N) is 1. The van der Waals surface area contributed by atoms with Crippen molar-refractivity contribution in [3.05, 3.63) is 65.7 Å². The van der Waals surface area contributed by atoms with Crippen molar-refractivity contribution < 1.29 is 14.4 Å². The van der Waals surface area contributed by atoms with E-state index in [1.807, 2.05) is 30.3 Å². The van der Waals surface area contributed by atoms with E-state index < -0.39 is 0 Å². The van der Waals surface area contributed by atoms with Gasteiger partial charge in [0.2, 0.25) is 5.91 Å². The summed E-state index contributed by atoms with van der Waals surface area (Å²) in [5.74, 6) is -0.385. The van der Waals surface area contributed by atoms with Gasteiger partial charge in [0.1, 0.15) is 0 Å². The van der Waals surface area contributed by atoms with Gasteiger partial charge in [0.15, 0.2) is 0 Å². The lowest BCUT2D eigenvalue weighted by molar-refractivity contribution is -0.167. The van der Waals surface area contributed by atoms with Gasteiger partial charge < -0.3 is 5.32 Å². The second-order valence-corrected chi connectivity index (χ2v) is 4.77. The zero-order valence-corrected chi connectivity index (χ0v) is 12.6. The average molecular weight is 298 g/mol. The molecular formula is C17H18N2O3. The minimum atomic E-state index is -0.208. The molecule has 114 valence electrons.